The molecular formula is C48H28B2N2S3. The zero-order valence-electron chi connectivity index (χ0n) is 29.4. The maximum atomic E-state index is 2.56. The van der Waals surface area contributed by atoms with Crippen molar-refractivity contribution in [1.29, 1.82) is 0 Å². The first-order chi connectivity index (χ1) is 27.3. The van der Waals surface area contributed by atoms with Crippen LogP contribution in [0.15, 0.2) is 189 Å². The molecule has 9 aromatic rings. The lowest BCUT2D eigenvalue weighted by molar-refractivity contribution is 1.27. The van der Waals surface area contributed by atoms with E-state index in [9.17, 15) is 0 Å². The highest BCUT2D eigenvalue weighted by molar-refractivity contribution is 8.00. The summed E-state index contributed by atoms with van der Waals surface area (Å²) in [5.41, 5.74) is 15.9. The van der Waals surface area contributed by atoms with E-state index in [0.29, 0.717) is 0 Å². The number of hydrogen-bond acceptors (Lipinski definition) is 5. The first-order valence-electron chi connectivity index (χ1n) is 18.8. The van der Waals surface area contributed by atoms with E-state index >= 15 is 0 Å². The lowest BCUT2D eigenvalue weighted by Gasteiger charge is -2.40. The van der Waals surface area contributed by atoms with Crippen LogP contribution in [0.3, 0.4) is 0 Å². The van der Waals surface area contributed by atoms with Crippen LogP contribution in [-0.2, 0) is 0 Å². The first-order valence-corrected chi connectivity index (χ1v) is 21.3. The van der Waals surface area contributed by atoms with Crippen molar-refractivity contribution in [3.63, 3.8) is 0 Å². The van der Waals surface area contributed by atoms with Gasteiger partial charge in [0.05, 0.1) is 0 Å². The van der Waals surface area contributed by atoms with E-state index in [1.165, 1.54) is 107 Å². The molecule has 0 fully saturated rings. The molecule has 0 saturated carbocycles. The number of fused-ring (bicyclic) bond motifs is 11. The molecule has 2 nitrogen and oxygen atoms in total. The molecular weight excluding hydrogens is 722 g/mol. The van der Waals surface area contributed by atoms with Crippen LogP contribution in [0.2, 0.25) is 0 Å². The molecule has 0 atom stereocenters. The summed E-state index contributed by atoms with van der Waals surface area (Å²) in [6, 6.07) is 63.7. The number of hydrogen-bond donors (Lipinski definition) is 0. The standard InChI is InChI=1S/C48H28B2N2S3/c1-3-13-29(14-4-1)51-37-19-9-7-17-33(37)49-35-25-31-32-26-36-46(28-44(32)55-43(31)27-45(35)53-41-23-11-21-39(51)47(41)49)54-42-24-12-22-40-48(42)50(36)34-18-8-10-20-38(34)52(40)30-15-5-2-6-16-30/h1-28H. The Bertz CT molecular complexity index is 2880. The van der Waals surface area contributed by atoms with Crippen molar-refractivity contribution in [3.05, 3.63) is 170 Å². The van der Waals surface area contributed by atoms with Crippen LogP contribution in [0.4, 0.5) is 34.1 Å². The quantitative estimate of drug-likeness (QED) is 0.163. The molecule has 0 spiro atoms. The van der Waals surface area contributed by atoms with Crippen LogP contribution < -0.4 is 42.6 Å². The fourth-order valence-electron chi connectivity index (χ4n) is 9.74. The third-order valence-corrected chi connectivity index (χ3v) is 15.4. The maximum Gasteiger partial charge on any atom is 0.249 e. The smallest absolute Gasteiger partial charge is 0.249 e. The molecule has 0 radical (unpaired) electrons. The van der Waals surface area contributed by atoms with Gasteiger partial charge >= 0.3 is 0 Å². The SMILES string of the molecule is c1ccc(N2c3ccccc3B3c4cc5c(cc4Sc4cccc2c43)sc2cc3c(cc25)B2c4ccccc4N(c4ccccc4)c4cccc(c42)S3)cc1. The van der Waals surface area contributed by atoms with Gasteiger partial charge in [-0.1, -0.05) is 132 Å². The molecule has 8 aromatic carbocycles. The molecule has 55 heavy (non-hydrogen) atoms. The first kappa shape index (κ1) is 30.7. The van der Waals surface area contributed by atoms with E-state index in [0.717, 1.165) is 0 Å². The van der Waals surface area contributed by atoms with E-state index < -0.39 is 0 Å². The monoisotopic (exact) mass is 750 g/mol. The van der Waals surface area contributed by atoms with Gasteiger partial charge in [0, 0.05) is 63.1 Å². The predicted octanol–water partition coefficient (Wildman–Crippen LogP) is 9.58. The van der Waals surface area contributed by atoms with Crippen molar-refractivity contribution in [2.75, 3.05) is 9.80 Å². The predicted molar refractivity (Wildman–Crippen MR) is 239 cm³/mol. The number of thiophene rings is 1. The molecule has 254 valence electrons. The van der Waals surface area contributed by atoms with Gasteiger partial charge < -0.3 is 9.80 Å². The Morgan fingerprint density at radius 1 is 0.345 bits per heavy atom. The third kappa shape index (κ3) is 4.26. The molecule has 13 rings (SSSR count). The summed E-state index contributed by atoms with van der Waals surface area (Å²) in [6.07, 6.45) is 0. The summed E-state index contributed by atoms with van der Waals surface area (Å²) < 4.78 is 2.72. The van der Waals surface area contributed by atoms with Gasteiger partial charge in [-0.05, 0) is 105 Å². The molecule has 0 aliphatic carbocycles. The lowest BCUT2D eigenvalue weighted by atomic mass is 9.34. The van der Waals surface area contributed by atoms with Crippen LogP contribution in [0.5, 0.6) is 0 Å². The van der Waals surface area contributed by atoms with E-state index in [1.54, 1.807) is 0 Å². The molecule has 1 aromatic heterocycles. The van der Waals surface area contributed by atoms with Gasteiger partial charge in [0.25, 0.3) is 0 Å². The van der Waals surface area contributed by atoms with Crippen LogP contribution >= 0.6 is 34.9 Å². The van der Waals surface area contributed by atoms with E-state index in [4.69, 9.17) is 0 Å². The summed E-state index contributed by atoms with van der Waals surface area (Å²) in [7, 11) is 0. The van der Waals surface area contributed by atoms with Crippen LogP contribution in [-0.4, -0.2) is 13.4 Å². The summed E-state index contributed by atoms with van der Waals surface area (Å²) >= 11 is 5.82. The van der Waals surface area contributed by atoms with E-state index in [-0.39, 0.29) is 13.4 Å². The highest BCUT2D eigenvalue weighted by Gasteiger charge is 2.43. The topological polar surface area (TPSA) is 6.48 Å². The number of nitrogens with zero attached hydrogens (tertiary/aromatic N) is 2. The minimum atomic E-state index is 0.162. The van der Waals surface area contributed by atoms with Crippen molar-refractivity contribution in [1.82, 2.24) is 0 Å². The van der Waals surface area contributed by atoms with Crippen LogP contribution in [0, 0.1) is 0 Å². The average molecular weight is 751 g/mol. The Morgan fingerprint density at radius 3 is 1.24 bits per heavy atom. The Kier molecular flexibility index (Phi) is 6.40. The normalized spacial score (nSPS) is 14.3. The van der Waals surface area contributed by atoms with Gasteiger partial charge in [0.2, 0.25) is 13.4 Å². The Hall–Kier alpha value is -5.59. The number of rotatable bonds is 2. The number of para-hydroxylation sites is 4. The maximum absolute atomic E-state index is 2.56. The molecule has 5 heterocycles. The second-order valence-electron chi connectivity index (χ2n) is 14.8. The van der Waals surface area contributed by atoms with Crippen LogP contribution in [0.1, 0.15) is 0 Å². The molecule has 4 aliphatic rings. The van der Waals surface area contributed by atoms with Crippen molar-refractivity contribution < 1.29 is 0 Å². The Balaban J connectivity index is 1.02. The molecule has 0 amide bonds. The summed E-state index contributed by atoms with van der Waals surface area (Å²) in [4.78, 5) is 10.4. The fraction of sp³-hybridized carbons (Fsp3) is 0. The number of benzene rings is 8. The van der Waals surface area contributed by atoms with Crippen molar-refractivity contribution in [3.8, 4) is 0 Å². The minimum Gasteiger partial charge on any atom is -0.311 e. The average Bonchev–Trinajstić information content (AvgIpc) is 3.58. The highest BCUT2D eigenvalue weighted by Crippen LogP contribution is 2.46. The largest absolute Gasteiger partial charge is 0.311 e. The Labute approximate surface area is 332 Å². The Morgan fingerprint density at radius 2 is 0.764 bits per heavy atom. The molecule has 0 unspecified atom stereocenters. The fourth-order valence-corrected chi connectivity index (χ4v) is 13.4. The van der Waals surface area contributed by atoms with Crippen molar-refractivity contribution >= 4 is 135 Å². The van der Waals surface area contributed by atoms with Crippen molar-refractivity contribution in [2.45, 2.75) is 19.6 Å². The molecule has 7 heteroatoms. The second kappa shape index (κ2) is 11.5. The summed E-state index contributed by atoms with van der Waals surface area (Å²) in [5.74, 6) is 0. The van der Waals surface area contributed by atoms with Gasteiger partial charge in [-0.15, -0.1) is 11.3 Å². The van der Waals surface area contributed by atoms with E-state index in [1.807, 2.05) is 34.9 Å². The third-order valence-electron chi connectivity index (χ3n) is 11.9. The second-order valence-corrected chi connectivity index (χ2v) is 18.0. The summed E-state index contributed by atoms with van der Waals surface area (Å²) in [5, 5.41) is 2.73. The molecule has 0 N–H and O–H groups in total. The highest BCUT2D eigenvalue weighted by atomic mass is 32.2. The van der Waals surface area contributed by atoms with Gasteiger partial charge in [-0.25, -0.2) is 0 Å². The summed E-state index contributed by atoms with van der Waals surface area (Å²) in [6.45, 7) is 0.324. The van der Waals surface area contributed by atoms with Crippen LogP contribution in [0.25, 0.3) is 20.2 Å². The molecule has 0 saturated heterocycles. The van der Waals surface area contributed by atoms with Gasteiger partial charge in [0.1, 0.15) is 0 Å². The molecule has 0 bridgehead atoms. The van der Waals surface area contributed by atoms with Gasteiger partial charge in [-0.3, -0.25) is 0 Å². The van der Waals surface area contributed by atoms with Gasteiger partial charge in [-0.2, -0.15) is 0 Å². The zero-order chi connectivity index (χ0) is 35.8. The minimum absolute atomic E-state index is 0.162. The van der Waals surface area contributed by atoms with E-state index in [2.05, 4.69) is 180 Å². The lowest BCUT2D eigenvalue weighted by Crippen LogP contribution is -2.59. The van der Waals surface area contributed by atoms with Crippen molar-refractivity contribution in [2.24, 2.45) is 0 Å². The number of anilines is 6. The molecule has 4 aliphatic heterocycles. The van der Waals surface area contributed by atoms with Gasteiger partial charge in [0.15, 0.2) is 0 Å². The zero-order valence-corrected chi connectivity index (χ0v) is 31.9.